The van der Waals surface area contributed by atoms with Crippen LogP contribution in [0, 0.1) is 0 Å². The third kappa shape index (κ3) is 1.64. The van der Waals surface area contributed by atoms with E-state index in [0.717, 1.165) is 0 Å². The van der Waals surface area contributed by atoms with Crippen LogP contribution in [-0.4, -0.2) is 31.2 Å². The molecule has 0 saturated carbocycles. The van der Waals surface area contributed by atoms with Crippen molar-refractivity contribution in [1.29, 1.82) is 0 Å². The molecule has 6 nitrogen and oxygen atoms in total. The molecule has 0 spiro atoms. The van der Waals surface area contributed by atoms with Gasteiger partial charge in [0, 0.05) is 0 Å². The fourth-order valence-corrected chi connectivity index (χ4v) is 1.18. The minimum absolute atomic E-state index is 0.0505. The van der Waals surface area contributed by atoms with Crippen LogP contribution < -0.4 is 0 Å². The summed E-state index contributed by atoms with van der Waals surface area (Å²) in [6, 6.07) is 3.95. The third-order valence-corrected chi connectivity index (χ3v) is 1.89. The Morgan fingerprint density at radius 3 is 2.80 bits per heavy atom. The first kappa shape index (κ1) is 9.20. The maximum Gasteiger partial charge on any atom is 0.335 e. The molecule has 0 bridgehead atoms. The van der Waals surface area contributed by atoms with Gasteiger partial charge in [0.05, 0.1) is 18.0 Å². The van der Waals surface area contributed by atoms with Crippen LogP contribution in [0.3, 0.4) is 0 Å². The molecule has 0 fully saturated rings. The van der Waals surface area contributed by atoms with Crippen LogP contribution in [0.1, 0.15) is 10.4 Å². The highest BCUT2D eigenvalue weighted by Gasteiger charge is 2.09. The lowest BCUT2D eigenvalue weighted by Gasteiger charge is -2.04. The van der Waals surface area contributed by atoms with E-state index in [2.05, 4.69) is 10.3 Å². The molecule has 2 N–H and O–H groups in total. The highest BCUT2D eigenvalue weighted by Crippen LogP contribution is 2.21. The average Bonchev–Trinajstić information content (AvgIpc) is 2.71. The summed E-state index contributed by atoms with van der Waals surface area (Å²) in [7, 11) is 0. The van der Waals surface area contributed by atoms with Gasteiger partial charge in [-0.15, -0.1) is 5.10 Å². The number of nitrogens with zero attached hydrogens (tertiary/aromatic N) is 3. The van der Waals surface area contributed by atoms with Gasteiger partial charge in [-0.3, -0.25) is 0 Å². The van der Waals surface area contributed by atoms with Gasteiger partial charge in [0.25, 0.3) is 0 Å². The maximum absolute atomic E-state index is 10.7. The molecule has 0 unspecified atom stereocenters. The van der Waals surface area contributed by atoms with Gasteiger partial charge in [0.1, 0.15) is 11.4 Å². The molecule has 6 heteroatoms. The minimum Gasteiger partial charge on any atom is -0.506 e. The fraction of sp³-hybridized carbons (Fsp3) is 0. The Bertz CT molecular complexity index is 493. The van der Waals surface area contributed by atoms with E-state index in [1.807, 2.05) is 0 Å². The summed E-state index contributed by atoms with van der Waals surface area (Å²) in [4.78, 5) is 10.7. The van der Waals surface area contributed by atoms with Crippen LogP contribution >= 0.6 is 0 Å². The van der Waals surface area contributed by atoms with E-state index in [1.165, 1.54) is 35.3 Å². The zero-order valence-corrected chi connectivity index (χ0v) is 7.53. The van der Waals surface area contributed by atoms with Crippen molar-refractivity contribution in [3.8, 4) is 11.4 Å². The number of aromatic hydroxyl groups is 1. The topological polar surface area (TPSA) is 88.2 Å². The zero-order valence-electron chi connectivity index (χ0n) is 7.53. The first-order valence-electron chi connectivity index (χ1n) is 4.11. The summed E-state index contributed by atoms with van der Waals surface area (Å²) in [5, 5.41) is 25.5. The van der Waals surface area contributed by atoms with E-state index in [0.29, 0.717) is 0 Å². The normalized spacial score (nSPS) is 10.1. The van der Waals surface area contributed by atoms with Crippen LogP contribution in [0.25, 0.3) is 5.69 Å². The molecule has 1 heterocycles. The number of hydrogen-bond donors (Lipinski definition) is 2. The predicted octanol–water partition coefficient (Wildman–Crippen LogP) is 0.671. The van der Waals surface area contributed by atoms with Crippen LogP contribution in [0.15, 0.2) is 30.6 Å². The standard InChI is InChI=1S/C9H7N3O3/c13-8-2-1-6(9(14)15)5-7(8)12-4-3-10-11-12/h1-5,13H,(H,14,15). The van der Waals surface area contributed by atoms with Gasteiger partial charge >= 0.3 is 5.97 Å². The largest absolute Gasteiger partial charge is 0.506 e. The van der Waals surface area contributed by atoms with E-state index in [-0.39, 0.29) is 17.0 Å². The van der Waals surface area contributed by atoms with Gasteiger partial charge in [-0.1, -0.05) is 5.21 Å². The SMILES string of the molecule is O=C(O)c1ccc(O)c(-n2ccnn2)c1. The summed E-state index contributed by atoms with van der Waals surface area (Å²) in [5.41, 5.74) is 0.366. The zero-order chi connectivity index (χ0) is 10.8. The number of rotatable bonds is 2. The second-order valence-corrected chi connectivity index (χ2v) is 2.86. The van der Waals surface area contributed by atoms with Crippen molar-refractivity contribution in [2.75, 3.05) is 0 Å². The quantitative estimate of drug-likeness (QED) is 0.752. The van der Waals surface area contributed by atoms with Crippen molar-refractivity contribution in [3.63, 3.8) is 0 Å². The number of aromatic nitrogens is 3. The van der Waals surface area contributed by atoms with Crippen molar-refractivity contribution >= 4 is 5.97 Å². The van der Waals surface area contributed by atoms with Crippen LogP contribution in [-0.2, 0) is 0 Å². The van der Waals surface area contributed by atoms with E-state index < -0.39 is 5.97 Å². The van der Waals surface area contributed by atoms with Gasteiger partial charge in [0.2, 0.25) is 0 Å². The molecule has 0 amide bonds. The van der Waals surface area contributed by atoms with Crippen molar-refractivity contribution in [3.05, 3.63) is 36.2 Å². The number of carbonyl (C=O) groups is 1. The summed E-state index contributed by atoms with van der Waals surface area (Å²) < 4.78 is 1.29. The lowest BCUT2D eigenvalue weighted by Crippen LogP contribution is -2.01. The number of carboxylic acids is 1. The molecule has 0 aliphatic heterocycles. The molecule has 2 aromatic rings. The molecule has 0 saturated heterocycles. The molecular formula is C9H7N3O3. The molecule has 0 atom stereocenters. The first-order chi connectivity index (χ1) is 7.18. The molecule has 1 aromatic heterocycles. The Labute approximate surface area is 84.4 Å². The summed E-state index contributed by atoms with van der Waals surface area (Å²) in [6.45, 7) is 0. The van der Waals surface area contributed by atoms with Gasteiger partial charge in [-0.05, 0) is 18.2 Å². The van der Waals surface area contributed by atoms with E-state index >= 15 is 0 Å². The lowest BCUT2D eigenvalue weighted by molar-refractivity contribution is 0.0697. The molecule has 0 radical (unpaired) electrons. The summed E-state index contributed by atoms with van der Waals surface area (Å²) >= 11 is 0. The second-order valence-electron chi connectivity index (χ2n) is 2.86. The predicted molar refractivity (Wildman–Crippen MR) is 50.0 cm³/mol. The second kappa shape index (κ2) is 3.41. The molecule has 15 heavy (non-hydrogen) atoms. The number of benzene rings is 1. The molecule has 1 aromatic carbocycles. The van der Waals surface area contributed by atoms with Crippen LogP contribution in [0.2, 0.25) is 0 Å². The van der Waals surface area contributed by atoms with Gasteiger partial charge in [-0.2, -0.15) is 0 Å². The summed E-state index contributed by atoms with van der Waals surface area (Å²) in [5.74, 6) is -1.11. The van der Waals surface area contributed by atoms with E-state index in [9.17, 15) is 9.90 Å². The Morgan fingerprint density at radius 1 is 1.40 bits per heavy atom. The molecule has 2 rings (SSSR count). The number of phenolic OH excluding ortho intramolecular Hbond substituents is 1. The van der Waals surface area contributed by atoms with E-state index in [4.69, 9.17) is 5.11 Å². The first-order valence-corrected chi connectivity index (χ1v) is 4.11. The minimum atomic E-state index is -1.06. The maximum atomic E-state index is 10.7. The fourth-order valence-electron chi connectivity index (χ4n) is 1.18. The lowest BCUT2D eigenvalue weighted by atomic mass is 10.2. The van der Waals surface area contributed by atoms with E-state index in [1.54, 1.807) is 0 Å². The van der Waals surface area contributed by atoms with Crippen molar-refractivity contribution in [1.82, 2.24) is 15.0 Å². The van der Waals surface area contributed by atoms with Gasteiger partial charge < -0.3 is 10.2 Å². The Morgan fingerprint density at radius 2 is 2.20 bits per heavy atom. The van der Waals surface area contributed by atoms with Crippen LogP contribution in [0.5, 0.6) is 5.75 Å². The average molecular weight is 205 g/mol. The number of aromatic carboxylic acids is 1. The number of carboxylic acid groups (broad SMARTS) is 1. The third-order valence-electron chi connectivity index (χ3n) is 1.89. The monoisotopic (exact) mass is 205 g/mol. The number of hydrogen-bond acceptors (Lipinski definition) is 4. The van der Waals surface area contributed by atoms with Crippen LogP contribution in [0.4, 0.5) is 0 Å². The molecule has 0 aliphatic rings. The smallest absolute Gasteiger partial charge is 0.335 e. The number of phenols is 1. The molecule has 0 aliphatic carbocycles. The van der Waals surface area contributed by atoms with Crippen molar-refractivity contribution < 1.29 is 15.0 Å². The molecular weight excluding hydrogens is 198 g/mol. The van der Waals surface area contributed by atoms with Gasteiger partial charge in [0.15, 0.2) is 0 Å². The Balaban J connectivity index is 2.55. The summed E-state index contributed by atoms with van der Waals surface area (Å²) in [6.07, 6.45) is 2.95. The Kier molecular flexibility index (Phi) is 2.09. The highest BCUT2D eigenvalue weighted by molar-refractivity contribution is 5.88. The van der Waals surface area contributed by atoms with Gasteiger partial charge in [-0.25, -0.2) is 9.48 Å². The van der Waals surface area contributed by atoms with Crippen molar-refractivity contribution in [2.45, 2.75) is 0 Å². The Hall–Kier alpha value is -2.37. The highest BCUT2D eigenvalue weighted by atomic mass is 16.4. The van der Waals surface area contributed by atoms with Crippen molar-refractivity contribution in [2.24, 2.45) is 0 Å². The molecule has 76 valence electrons.